The second-order valence-corrected chi connectivity index (χ2v) is 5.85. The molecule has 0 bridgehead atoms. The Hall–Kier alpha value is -1.85. The van der Waals surface area contributed by atoms with Crippen molar-refractivity contribution in [2.45, 2.75) is 13.1 Å². The van der Waals surface area contributed by atoms with Crippen molar-refractivity contribution in [3.8, 4) is 0 Å². The normalized spacial score (nSPS) is 13.2. The molecule has 0 saturated heterocycles. The summed E-state index contributed by atoms with van der Waals surface area (Å²) in [5.74, 6) is 1.76. The highest BCUT2D eigenvalue weighted by molar-refractivity contribution is 6.18. The van der Waals surface area contributed by atoms with Crippen LogP contribution in [0, 0.1) is 0 Å². The summed E-state index contributed by atoms with van der Waals surface area (Å²) < 4.78 is 4.26. The standard InChI is InChI=1S/C16H17ClN5.ClH/c17-6-7-20-8-9-21-12-19-15-14(16(20)21)18-11-22(15)10-13-4-2-1-3-5-13;/h1-5,11-12H,6-10H2;1H/q+1;/p-1. The van der Waals surface area contributed by atoms with Crippen LogP contribution < -0.4 is 21.9 Å². The number of halogens is 2. The minimum atomic E-state index is 0. The maximum atomic E-state index is 5.92. The second kappa shape index (κ2) is 6.72. The van der Waals surface area contributed by atoms with E-state index in [0.29, 0.717) is 5.88 Å². The first kappa shape index (κ1) is 16.0. The highest BCUT2D eigenvalue weighted by Gasteiger charge is 2.30. The van der Waals surface area contributed by atoms with Gasteiger partial charge in [0.1, 0.15) is 6.54 Å². The van der Waals surface area contributed by atoms with Crippen molar-refractivity contribution in [2.75, 3.05) is 23.9 Å². The average Bonchev–Trinajstić information content (AvgIpc) is 3.13. The van der Waals surface area contributed by atoms with Crippen molar-refractivity contribution >= 4 is 28.6 Å². The lowest BCUT2D eigenvalue weighted by Gasteiger charge is -2.10. The van der Waals surface area contributed by atoms with E-state index in [2.05, 4.69) is 48.3 Å². The summed E-state index contributed by atoms with van der Waals surface area (Å²) in [6.07, 6.45) is 3.79. The fourth-order valence-corrected chi connectivity index (χ4v) is 3.23. The molecule has 0 amide bonds. The van der Waals surface area contributed by atoms with Gasteiger partial charge in [0.05, 0.1) is 31.8 Å². The largest absolute Gasteiger partial charge is 1.00 e. The Bertz CT molecular complexity index is 801. The Kier molecular flexibility index (Phi) is 4.68. The van der Waals surface area contributed by atoms with Gasteiger partial charge in [0.2, 0.25) is 12.0 Å². The van der Waals surface area contributed by atoms with Crippen molar-refractivity contribution in [3.63, 3.8) is 0 Å². The van der Waals surface area contributed by atoms with E-state index < -0.39 is 0 Å². The summed E-state index contributed by atoms with van der Waals surface area (Å²) in [6, 6.07) is 10.4. The van der Waals surface area contributed by atoms with Gasteiger partial charge in [0, 0.05) is 0 Å². The molecule has 23 heavy (non-hydrogen) atoms. The van der Waals surface area contributed by atoms with Crippen molar-refractivity contribution in [1.82, 2.24) is 14.5 Å². The summed E-state index contributed by atoms with van der Waals surface area (Å²) in [6.45, 7) is 3.54. The number of alkyl halides is 1. The van der Waals surface area contributed by atoms with Crippen LogP contribution in [0.5, 0.6) is 0 Å². The van der Waals surface area contributed by atoms with Gasteiger partial charge in [-0.15, -0.1) is 11.6 Å². The van der Waals surface area contributed by atoms with Crippen LogP contribution in [-0.4, -0.2) is 33.5 Å². The SMILES string of the molecule is ClCCN1CC[n+]2cnc3c(ncn3Cc3ccccc3)c21.[Cl-]. The Labute approximate surface area is 145 Å². The minimum absolute atomic E-state index is 0. The van der Waals surface area contributed by atoms with Gasteiger partial charge in [-0.1, -0.05) is 35.3 Å². The maximum Gasteiger partial charge on any atom is 0.255 e. The van der Waals surface area contributed by atoms with Gasteiger partial charge >= 0.3 is 0 Å². The Morgan fingerprint density at radius 1 is 1.17 bits per heavy atom. The number of rotatable bonds is 4. The summed E-state index contributed by atoms with van der Waals surface area (Å²) in [7, 11) is 0. The molecule has 1 aliphatic rings. The van der Waals surface area contributed by atoms with Gasteiger partial charge in [-0.25, -0.2) is 9.55 Å². The minimum Gasteiger partial charge on any atom is -1.00 e. The van der Waals surface area contributed by atoms with Crippen LogP contribution in [0.2, 0.25) is 0 Å². The smallest absolute Gasteiger partial charge is 0.255 e. The highest BCUT2D eigenvalue weighted by atomic mass is 35.5. The summed E-state index contributed by atoms with van der Waals surface area (Å²) >= 11 is 5.92. The lowest BCUT2D eigenvalue weighted by molar-refractivity contribution is -0.672. The van der Waals surface area contributed by atoms with Gasteiger partial charge < -0.3 is 12.4 Å². The molecule has 0 radical (unpaired) electrons. The second-order valence-electron chi connectivity index (χ2n) is 5.47. The molecule has 0 aliphatic carbocycles. The quantitative estimate of drug-likeness (QED) is 0.440. The van der Waals surface area contributed by atoms with Crippen LogP contribution in [0.15, 0.2) is 43.0 Å². The van der Waals surface area contributed by atoms with Crippen LogP contribution >= 0.6 is 11.6 Å². The zero-order valence-electron chi connectivity index (χ0n) is 12.6. The molecular weight excluding hydrogens is 333 g/mol. The van der Waals surface area contributed by atoms with Crippen molar-refractivity contribution in [1.29, 1.82) is 0 Å². The molecular formula is C16H17Cl2N5. The predicted octanol–water partition coefficient (Wildman–Crippen LogP) is -1.17. The van der Waals surface area contributed by atoms with Gasteiger partial charge in [-0.05, 0) is 5.56 Å². The molecule has 1 aliphatic heterocycles. The van der Waals surface area contributed by atoms with Crippen LogP contribution in [0.4, 0.5) is 5.82 Å². The van der Waals surface area contributed by atoms with E-state index in [1.165, 1.54) is 5.56 Å². The molecule has 4 rings (SSSR count). The van der Waals surface area contributed by atoms with Crippen LogP contribution in [-0.2, 0) is 13.1 Å². The van der Waals surface area contributed by atoms with Crippen molar-refractivity contribution in [3.05, 3.63) is 48.5 Å². The highest BCUT2D eigenvalue weighted by Crippen LogP contribution is 2.23. The molecule has 3 heterocycles. The van der Waals surface area contributed by atoms with E-state index in [-0.39, 0.29) is 12.4 Å². The molecule has 0 spiro atoms. The lowest BCUT2D eigenvalue weighted by atomic mass is 10.2. The third-order valence-corrected chi connectivity index (χ3v) is 4.24. The fourth-order valence-electron chi connectivity index (χ4n) is 3.03. The molecule has 0 fully saturated rings. The zero-order chi connectivity index (χ0) is 14.9. The van der Waals surface area contributed by atoms with E-state index in [1.807, 2.05) is 18.7 Å². The first-order valence-electron chi connectivity index (χ1n) is 7.45. The Morgan fingerprint density at radius 3 is 2.78 bits per heavy atom. The number of hydrogen-bond acceptors (Lipinski definition) is 3. The summed E-state index contributed by atoms with van der Waals surface area (Å²) in [5.41, 5.74) is 3.13. The Balaban J connectivity index is 0.00000156. The first-order valence-corrected chi connectivity index (χ1v) is 7.98. The third kappa shape index (κ3) is 2.86. The Morgan fingerprint density at radius 2 is 2.00 bits per heavy atom. The summed E-state index contributed by atoms with van der Waals surface area (Å²) in [5, 5.41) is 0. The number of aromatic nitrogens is 4. The molecule has 0 saturated carbocycles. The van der Waals surface area contributed by atoms with Gasteiger partial charge in [0.25, 0.3) is 5.82 Å². The molecule has 1 aromatic carbocycles. The third-order valence-electron chi connectivity index (χ3n) is 4.07. The van der Waals surface area contributed by atoms with E-state index in [1.54, 1.807) is 0 Å². The molecule has 7 heteroatoms. The van der Waals surface area contributed by atoms with Crippen LogP contribution in [0.25, 0.3) is 11.2 Å². The number of nitrogens with zero attached hydrogens (tertiary/aromatic N) is 5. The number of benzene rings is 1. The predicted molar refractivity (Wildman–Crippen MR) is 86.2 cm³/mol. The van der Waals surface area contributed by atoms with E-state index in [9.17, 15) is 0 Å². The maximum absolute atomic E-state index is 5.92. The molecule has 3 aromatic rings. The topological polar surface area (TPSA) is 37.8 Å². The number of anilines is 1. The number of fused-ring (bicyclic) bond motifs is 3. The molecule has 0 N–H and O–H groups in total. The first-order chi connectivity index (χ1) is 10.9. The number of hydrogen-bond donors (Lipinski definition) is 0. The van der Waals surface area contributed by atoms with Crippen LogP contribution in [0.1, 0.15) is 5.56 Å². The number of imidazole rings is 1. The monoisotopic (exact) mass is 349 g/mol. The van der Waals surface area contributed by atoms with E-state index >= 15 is 0 Å². The van der Waals surface area contributed by atoms with E-state index in [4.69, 9.17) is 11.6 Å². The van der Waals surface area contributed by atoms with Gasteiger partial charge in [-0.2, -0.15) is 0 Å². The fraction of sp³-hybridized carbons (Fsp3) is 0.312. The van der Waals surface area contributed by atoms with Crippen molar-refractivity contribution in [2.24, 2.45) is 0 Å². The molecule has 120 valence electrons. The molecule has 2 aromatic heterocycles. The molecule has 0 atom stereocenters. The van der Waals surface area contributed by atoms with Crippen LogP contribution in [0.3, 0.4) is 0 Å². The molecule has 0 unspecified atom stereocenters. The van der Waals surface area contributed by atoms with Gasteiger partial charge in [0.15, 0.2) is 5.52 Å². The van der Waals surface area contributed by atoms with E-state index in [0.717, 1.165) is 43.2 Å². The zero-order valence-corrected chi connectivity index (χ0v) is 14.1. The lowest BCUT2D eigenvalue weighted by Crippen LogP contribution is -3.00. The molecule has 5 nitrogen and oxygen atoms in total. The summed E-state index contributed by atoms with van der Waals surface area (Å²) in [4.78, 5) is 11.5. The average molecular weight is 350 g/mol. The van der Waals surface area contributed by atoms with Gasteiger partial charge in [-0.3, -0.25) is 9.47 Å². The van der Waals surface area contributed by atoms with Crippen molar-refractivity contribution < 1.29 is 17.0 Å².